The lowest BCUT2D eigenvalue weighted by atomic mass is 9.77. The van der Waals surface area contributed by atoms with Gasteiger partial charge in [-0.3, -0.25) is 0 Å². The molecule has 0 saturated heterocycles. The average molecular weight is 428 g/mol. The van der Waals surface area contributed by atoms with E-state index in [2.05, 4.69) is 139 Å². The van der Waals surface area contributed by atoms with Crippen molar-refractivity contribution in [3.8, 4) is 16.9 Å². The molecule has 2 heteroatoms. The van der Waals surface area contributed by atoms with Crippen LogP contribution in [0.15, 0.2) is 109 Å². The van der Waals surface area contributed by atoms with Gasteiger partial charge in [0.1, 0.15) is 5.69 Å². The number of aromatic nitrogens is 2. The molecule has 33 heavy (non-hydrogen) atoms. The van der Waals surface area contributed by atoms with E-state index in [1.54, 1.807) is 0 Å². The lowest BCUT2D eigenvalue weighted by Gasteiger charge is -2.30. The predicted octanol–water partition coefficient (Wildman–Crippen LogP) is 6.51. The van der Waals surface area contributed by atoms with Crippen molar-refractivity contribution in [2.45, 2.75) is 26.3 Å². The van der Waals surface area contributed by atoms with Crippen LogP contribution in [0.1, 0.15) is 33.8 Å². The second kappa shape index (κ2) is 7.31. The maximum Gasteiger partial charge on any atom is 0.260 e. The van der Waals surface area contributed by atoms with Gasteiger partial charge in [-0.15, -0.1) is 0 Å². The number of aryl methyl sites for hydroxylation is 1. The van der Waals surface area contributed by atoms with Crippen LogP contribution in [0, 0.1) is 20.8 Å². The molecular weight excluding hydrogens is 400 g/mol. The number of nitrogens with zero attached hydrogens (tertiary/aromatic N) is 2. The lowest BCUT2D eigenvalue weighted by molar-refractivity contribution is -0.723. The van der Waals surface area contributed by atoms with E-state index in [0.717, 1.165) is 0 Å². The Bertz CT molecular complexity index is 1440. The first kappa shape index (κ1) is 19.8. The fraction of sp³-hybridized carbons (Fsp3) is 0.129. The average Bonchev–Trinajstić information content (AvgIpc) is 3.31. The van der Waals surface area contributed by atoms with Gasteiger partial charge in [-0.25, -0.2) is 4.57 Å². The first-order valence-corrected chi connectivity index (χ1v) is 11.6. The number of hydrogen-bond donors (Lipinski definition) is 0. The molecule has 0 aliphatic carbocycles. The Labute approximate surface area is 195 Å². The molecule has 0 radical (unpaired) electrons. The summed E-state index contributed by atoms with van der Waals surface area (Å²) >= 11 is 0. The Morgan fingerprint density at radius 1 is 0.606 bits per heavy atom. The van der Waals surface area contributed by atoms with E-state index in [1.165, 1.54) is 50.7 Å². The van der Waals surface area contributed by atoms with Gasteiger partial charge in [0, 0.05) is 36.1 Å². The molecule has 2 heterocycles. The molecule has 0 saturated carbocycles. The first-order chi connectivity index (χ1) is 16.2. The Hall–Kier alpha value is -3.91. The lowest BCUT2D eigenvalue weighted by Crippen LogP contribution is -2.57. The molecule has 5 aromatic rings. The van der Waals surface area contributed by atoms with E-state index in [9.17, 15) is 0 Å². The van der Waals surface area contributed by atoms with Crippen LogP contribution in [0.2, 0.25) is 0 Å². The van der Waals surface area contributed by atoms with Gasteiger partial charge in [-0.1, -0.05) is 103 Å². The van der Waals surface area contributed by atoms with Crippen molar-refractivity contribution in [3.05, 3.63) is 143 Å². The van der Waals surface area contributed by atoms with Crippen LogP contribution in [-0.4, -0.2) is 4.57 Å². The minimum atomic E-state index is -0.433. The second-order valence-corrected chi connectivity index (χ2v) is 8.93. The maximum atomic E-state index is 2.57. The van der Waals surface area contributed by atoms with E-state index in [4.69, 9.17) is 0 Å². The molecule has 1 aliphatic heterocycles. The van der Waals surface area contributed by atoms with Crippen LogP contribution in [0.3, 0.4) is 0 Å². The molecular formula is C31H27N2+. The smallest absolute Gasteiger partial charge is 0.208 e. The molecule has 4 aromatic carbocycles. The summed E-state index contributed by atoms with van der Waals surface area (Å²) in [4.78, 5) is 0. The van der Waals surface area contributed by atoms with Crippen molar-refractivity contribution in [3.63, 3.8) is 0 Å². The molecule has 0 N–H and O–H groups in total. The van der Waals surface area contributed by atoms with Gasteiger partial charge in [0.25, 0.3) is 5.82 Å². The zero-order valence-electron chi connectivity index (χ0n) is 19.3. The summed E-state index contributed by atoms with van der Waals surface area (Å²) in [5.74, 6) is 1.22. The van der Waals surface area contributed by atoms with E-state index in [1.807, 2.05) is 0 Å². The molecule has 6 rings (SSSR count). The van der Waals surface area contributed by atoms with E-state index >= 15 is 0 Å². The summed E-state index contributed by atoms with van der Waals surface area (Å²) in [6, 6.07) is 39.5. The molecule has 0 atom stereocenters. The predicted molar refractivity (Wildman–Crippen MR) is 134 cm³/mol. The van der Waals surface area contributed by atoms with E-state index in [-0.39, 0.29) is 0 Å². The highest BCUT2D eigenvalue weighted by atomic mass is 15.2. The molecule has 0 amide bonds. The van der Waals surface area contributed by atoms with Crippen molar-refractivity contribution >= 4 is 0 Å². The fourth-order valence-corrected chi connectivity index (χ4v) is 5.89. The first-order valence-electron chi connectivity index (χ1n) is 11.6. The second-order valence-electron chi connectivity index (χ2n) is 8.93. The van der Waals surface area contributed by atoms with Gasteiger partial charge in [0.05, 0.1) is 0 Å². The van der Waals surface area contributed by atoms with Gasteiger partial charge in [0.2, 0.25) is 0 Å². The zero-order valence-corrected chi connectivity index (χ0v) is 19.3. The van der Waals surface area contributed by atoms with Crippen molar-refractivity contribution in [1.82, 2.24) is 4.57 Å². The van der Waals surface area contributed by atoms with E-state index < -0.39 is 5.54 Å². The van der Waals surface area contributed by atoms with Crippen molar-refractivity contribution < 1.29 is 4.57 Å². The van der Waals surface area contributed by atoms with Gasteiger partial charge < -0.3 is 0 Å². The minimum Gasteiger partial charge on any atom is -0.208 e. The topological polar surface area (TPSA) is 8.81 Å². The summed E-state index contributed by atoms with van der Waals surface area (Å²) in [6.07, 6.45) is 0. The third-order valence-electron chi connectivity index (χ3n) is 7.20. The van der Waals surface area contributed by atoms with Crippen molar-refractivity contribution in [1.29, 1.82) is 0 Å². The number of hydrogen-bond acceptors (Lipinski definition) is 0. The quantitative estimate of drug-likeness (QED) is 0.285. The Morgan fingerprint density at radius 3 is 1.79 bits per heavy atom. The highest BCUT2D eigenvalue weighted by Gasteiger charge is 2.54. The van der Waals surface area contributed by atoms with Crippen molar-refractivity contribution in [2.24, 2.45) is 0 Å². The summed E-state index contributed by atoms with van der Waals surface area (Å²) < 4.78 is 5.01. The van der Waals surface area contributed by atoms with E-state index in [0.29, 0.717) is 0 Å². The summed E-state index contributed by atoms with van der Waals surface area (Å²) in [6.45, 7) is 6.71. The van der Waals surface area contributed by atoms with Crippen LogP contribution in [-0.2, 0) is 5.54 Å². The highest BCUT2D eigenvalue weighted by molar-refractivity contribution is 5.73. The SMILES string of the molecule is Cc1ccccc1-n1c(C)c2[n+](c1C)C(c1ccccc1)(c1ccccc1)c1ccccc1-2. The zero-order chi connectivity index (χ0) is 22.6. The standard InChI is InChI=1S/C31H27N2/c1-22-14-10-13-21-29(22)32-23(2)30-27-19-11-12-20-28(27)31(33(30)24(32)3,25-15-6-4-7-16-25)26-17-8-5-9-18-26/h4-21H,1-3H3/q+1. The third-order valence-corrected chi connectivity index (χ3v) is 7.20. The number of para-hydroxylation sites is 1. The van der Waals surface area contributed by atoms with Crippen LogP contribution in [0.25, 0.3) is 16.9 Å². The Balaban J connectivity index is 1.82. The Morgan fingerprint density at radius 2 is 1.15 bits per heavy atom. The summed E-state index contributed by atoms with van der Waals surface area (Å²) in [5, 5.41) is 0. The number of rotatable bonds is 3. The third kappa shape index (κ3) is 2.58. The molecule has 0 unspecified atom stereocenters. The highest BCUT2D eigenvalue weighted by Crippen LogP contribution is 2.48. The molecule has 0 bridgehead atoms. The molecule has 0 spiro atoms. The molecule has 160 valence electrons. The van der Waals surface area contributed by atoms with Gasteiger partial charge >= 0.3 is 0 Å². The molecule has 0 fully saturated rings. The normalized spacial score (nSPS) is 13.5. The van der Waals surface area contributed by atoms with Crippen LogP contribution in [0.4, 0.5) is 0 Å². The molecule has 2 nitrogen and oxygen atoms in total. The summed E-state index contributed by atoms with van der Waals surface area (Å²) in [7, 11) is 0. The van der Waals surface area contributed by atoms with Gasteiger partial charge in [0.15, 0.2) is 16.9 Å². The number of fused-ring (bicyclic) bond motifs is 3. The molecule has 1 aromatic heterocycles. The minimum absolute atomic E-state index is 0.433. The van der Waals surface area contributed by atoms with Crippen molar-refractivity contribution in [2.75, 3.05) is 0 Å². The van der Waals surface area contributed by atoms with Crippen LogP contribution < -0.4 is 4.57 Å². The monoisotopic (exact) mass is 427 g/mol. The van der Waals surface area contributed by atoms with Crippen LogP contribution in [0.5, 0.6) is 0 Å². The van der Waals surface area contributed by atoms with Gasteiger partial charge in [-0.05, 0) is 18.6 Å². The van der Waals surface area contributed by atoms with Crippen LogP contribution >= 0.6 is 0 Å². The largest absolute Gasteiger partial charge is 0.260 e. The van der Waals surface area contributed by atoms with Gasteiger partial charge in [-0.2, -0.15) is 4.57 Å². The summed E-state index contributed by atoms with van der Waals surface area (Å²) in [5.41, 5.74) is 9.82. The number of benzene rings is 4. The number of imidazole rings is 1. The fourth-order valence-electron chi connectivity index (χ4n) is 5.89. The Kier molecular flexibility index (Phi) is 4.38. The maximum absolute atomic E-state index is 2.57. The molecule has 1 aliphatic rings.